The average molecular weight is 268 g/mol. The van der Waals surface area contributed by atoms with Gasteiger partial charge in [0, 0.05) is 35.6 Å². The normalized spacial score (nSPS) is 10.8. The highest BCUT2D eigenvalue weighted by Crippen LogP contribution is 2.18. The number of aryl methyl sites for hydroxylation is 1. The van der Waals surface area contributed by atoms with Crippen LogP contribution in [0.1, 0.15) is 17.5 Å². The lowest BCUT2D eigenvalue weighted by Gasteiger charge is -2.03. The number of nitrogens with one attached hydrogen (secondary N) is 2. The van der Waals surface area contributed by atoms with E-state index in [-0.39, 0.29) is 5.91 Å². The van der Waals surface area contributed by atoms with Gasteiger partial charge in [-0.15, -0.1) is 0 Å². The van der Waals surface area contributed by atoms with Gasteiger partial charge in [0.2, 0.25) is 5.91 Å². The minimum atomic E-state index is 0.0523. The van der Waals surface area contributed by atoms with Crippen molar-refractivity contribution in [3.05, 3.63) is 60.2 Å². The molecular weight excluding hydrogens is 252 g/mol. The van der Waals surface area contributed by atoms with Gasteiger partial charge in [-0.3, -0.25) is 4.79 Å². The molecular formula is C16H16N2O2. The van der Waals surface area contributed by atoms with Gasteiger partial charge in [0.05, 0.1) is 12.5 Å². The molecule has 0 aliphatic rings. The van der Waals surface area contributed by atoms with Gasteiger partial charge in [0.25, 0.3) is 0 Å². The zero-order chi connectivity index (χ0) is 13.8. The van der Waals surface area contributed by atoms with E-state index in [1.807, 2.05) is 30.5 Å². The molecule has 4 heteroatoms. The van der Waals surface area contributed by atoms with Gasteiger partial charge in [0.15, 0.2) is 0 Å². The largest absolute Gasteiger partial charge is 0.472 e. The number of hydrogen-bond acceptors (Lipinski definition) is 2. The average Bonchev–Trinajstić information content (AvgIpc) is 3.12. The summed E-state index contributed by atoms with van der Waals surface area (Å²) in [5.41, 5.74) is 3.27. The first-order valence-corrected chi connectivity index (χ1v) is 6.66. The Morgan fingerprint density at radius 3 is 3.00 bits per heavy atom. The van der Waals surface area contributed by atoms with E-state index >= 15 is 0 Å². The third kappa shape index (κ3) is 2.74. The SMILES string of the molecule is O=C(CCc1c[nH]c2ccccc12)NCc1ccoc1. The van der Waals surface area contributed by atoms with Crippen molar-refractivity contribution in [1.82, 2.24) is 10.3 Å². The molecule has 2 N–H and O–H groups in total. The molecule has 1 aromatic carbocycles. The van der Waals surface area contributed by atoms with Crippen LogP contribution in [0, 0.1) is 0 Å². The highest BCUT2D eigenvalue weighted by molar-refractivity contribution is 5.84. The van der Waals surface area contributed by atoms with Gasteiger partial charge in [-0.25, -0.2) is 0 Å². The quantitative estimate of drug-likeness (QED) is 0.747. The van der Waals surface area contributed by atoms with E-state index in [1.165, 1.54) is 10.9 Å². The number of para-hydroxylation sites is 1. The van der Waals surface area contributed by atoms with Crippen molar-refractivity contribution in [3.8, 4) is 0 Å². The Hall–Kier alpha value is -2.49. The van der Waals surface area contributed by atoms with Gasteiger partial charge in [-0.1, -0.05) is 18.2 Å². The first-order chi connectivity index (χ1) is 9.83. The first kappa shape index (κ1) is 12.5. The first-order valence-electron chi connectivity index (χ1n) is 6.66. The van der Waals surface area contributed by atoms with E-state index in [1.54, 1.807) is 12.5 Å². The molecule has 0 atom stereocenters. The molecule has 20 heavy (non-hydrogen) atoms. The molecule has 0 bridgehead atoms. The van der Waals surface area contributed by atoms with Crippen molar-refractivity contribution >= 4 is 16.8 Å². The number of carbonyl (C=O) groups excluding carboxylic acids is 1. The van der Waals surface area contributed by atoms with Crippen molar-refractivity contribution in [2.45, 2.75) is 19.4 Å². The Morgan fingerprint density at radius 1 is 1.25 bits per heavy atom. The molecule has 3 rings (SSSR count). The summed E-state index contributed by atoms with van der Waals surface area (Å²) < 4.78 is 4.96. The molecule has 102 valence electrons. The van der Waals surface area contributed by atoms with Crippen LogP contribution in [0.5, 0.6) is 0 Å². The molecule has 3 aromatic rings. The number of aromatic amines is 1. The number of hydrogen-bond donors (Lipinski definition) is 2. The lowest BCUT2D eigenvalue weighted by atomic mass is 10.1. The number of aromatic nitrogens is 1. The topological polar surface area (TPSA) is 58.0 Å². The van der Waals surface area contributed by atoms with Crippen molar-refractivity contribution < 1.29 is 9.21 Å². The zero-order valence-electron chi connectivity index (χ0n) is 11.1. The Labute approximate surface area is 116 Å². The maximum absolute atomic E-state index is 11.8. The van der Waals surface area contributed by atoms with Crippen molar-refractivity contribution in [3.63, 3.8) is 0 Å². The number of furan rings is 1. The van der Waals surface area contributed by atoms with Crippen LogP contribution < -0.4 is 5.32 Å². The lowest BCUT2D eigenvalue weighted by molar-refractivity contribution is -0.121. The number of fused-ring (bicyclic) bond motifs is 1. The molecule has 0 aliphatic carbocycles. The van der Waals surface area contributed by atoms with Crippen LogP contribution in [-0.2, 0) is 17.8 Å². The van der Waals surface area contributed by atoms with E-state index in [4.69, 9.17) is 4.42 Å². The summed E-state index contributed by atoms with van der Waals surface area (Å²) in [6, 6.07) is 9.97. The molecule has 2 aromatic heterocycles. The smallest absolute Gasteiger partial charge is 0.220 e. The van der Waals surface area contributed by atoms with E-state index in [9.17, 15) is 4.79 Å². The van der Waals surface area contributed by atoms with E-state index in [2.05, 4.69) is 16.4 Å². The highest BCUT2D eigenvalue weighted by Gasteiger charge is 2.06. The fraction of sp³-hybridized carbons (Fsp3) is 0.188. The van der Waals surface area contributed by atoms with E-state index < -0.39 is 0 Å². The fourth-order valence-electron chi connectivity index (χ4n) is 2.27. The Kier molecular flexibility index (Phi) is 3.54. The summed E-state index contributed by atoms with van der Waals surface area (Å²) in [5, 5.41) is 4.08. The monoisotopic (exact) mass is 268 g/mol. The predicted molar refractivity (Wildman–Crippen MR) is 77.2 cm³/mol. The second-order valence-electron chi connectivity index (χ2n) is 4.77. The molecule has 2 heterocycles. The van der Waals surface area contributed by atoms with Crippen LogP contribution >= 0.6 is 0 Å². The van der Waals surface area contributed by atoms with Crippen molar-refractivity contribution in [1.29, 1.82) is 0 Å². The van der Waals surface area contributed by atoms with Crippen molar-refractivity contribution in [2.24, 2.45) is 0 Å². The van der Waals surface area contributed by atoms with Gasteiger partial charge < -0.3 is 14.7 Å². The fourth-order valence-corrected chi connectivity index (χ4v) is 2.27. The second kappa shape index (κ2) is 5.65. The molecule has 0 aliphatic heterocycles. The lowest BCUT2D eigenvalue weighted by Crippen LogP contribution is -2.22. The molecule has 0 radical (unpaired) electrons. The second-order valence-corrected chi connectivity index (χ2v) is 4.77. The van der Waals surface area contributed by atoms with Crippen LogP contribution in [0.15, 0.2) is 53.5 Å². The minimum Gasteiger partial charge on any atom is -0.472 e. The number of amides is 1. The van der Waals surface area contributed by atoms with Crippen LogP contribution in [0.2, 0.25) is 0 Å². The summed E-state index contributed by atoms with van der Waals surface area (Å²) in [6.45, 7) is 0.517. The number of carbonyl (C=O) groups is 1. The standard InChI is InChI=1S/C16H16N2O2/c19-16(18-9-12-7-8-20-11-12)6-5-13-10-17-15-4-2-1-3-14(13)15/h1-4,7-8,10-11,17H,5-6,9H2,(H,18,19). The van der Waals surface area contributed by atoms with Gasteiger partial charge >= 0.3 is 0 Å². The van der Waals surface area contributed by atoms with Gasteiger partial charge in [-0.05, 0) is 24.1 Å². The predicted octanol–water partition coefficient (Wildman–Crippen LogP) is 3.01. The molecule has 0 saturated carbocycles. The highest BCUT2D eigenvalue weighted by atomic mass is 16.3. The number of benzene rings is 1. The maximum atomic E-state index is 11.8. The molecule has 0 spiro atoms. The van der Waals surface area contributed by atoms with Crippen LogP contribution in [0.4, 0.5) is 0 Å². The van der Waals surface area contributed by atoms with Crippen LogP contribution in [-0.4, -0.2) is 10.9 Å². The zero-order valence-corrected chi connectivity index (χ0v) is 11.1. The molecule has 0 unspecified atom stereocenters. The number of rotatable bonds is 5. The van der Waals surface area contributed by atoms with Gasteiger partial charge in [-0.2, -0.15) is 0 Å². The van der Waals surface area contributed by atoms with Crippen LogP contribution in [0.3, 0.4) is 0 Å². The Bertz CT molecular complexity index is 698. The van der Waals surface area contributed by atoms with Gasteiger partial charge in [0.1, 0.15) is 0 Å². The Balaban J connectivity index is 1.55. The summed E-state index contributed by atoms with van der Waals surface area (Å²) >= 11 is 0. The number of H-pyrrole nitrogens is 1. The van der Waals surface area contributed by atoms with Crippen LogP contribution in [0.25, 0.3) is 10.9 Å². The third-order valence-electron chi connectivity index (χ3n) is 3.37. The minimum absolute atomic E-state index is 0.0523. The third-order valence-corrected chi connectivity index (χ3v) is 3.37. The van der Waals surface area contributed by atoms with Crippen molar-refractivity contribution in [2.75, 3.05) is 0 Å². The summed E-state index contributed by atoms with van der Waals surface area (Å²) in [4.78, 5) is 15.0. The Morgan fingerprint density at radius 2 is 2.15 bits per heavy atom. The summed E-state index contributed by atoms with van der Waals surface area (Å²) in [7, 11) is 0. The molecule has 1 amide bonds. The summed E-state index contributed by atoms with van der Waals surface area (Å²) in [5.74, 6) is 0.0523. The maximum Gasteiger partial charge on any atom is 0.220 e. The van der Waals surface area contributed by atoms with E-state index in [0.29, 0.717) is 13.0 Å². The summed E-state index contributed by atoms with van der Waals surface area (Å²) in [6.07, 6.45) is 6.45. The molecule has 0 fully saturated rings. The molecule has 0 saturated heterocycles. The van der Waals surface area contributed by atoms with E-state index in [0.717, 1.165) is 17.5 Å². The molecule has 4 nitrogen and oxygen atoms in total.